The Balaban J connectivity index is 2.59. The van der Waals surface area contributed by atoms with Gasteiger partial charge >= 0.3 is 0 Å². The smallest absolute Gasteiger partial charge is 0.136 e. The maximum Gasteiger partial charge on any atom is 0.136 e. The van der Waals surface area contributed by atoms with Crippen LogP contribution < -0.4 is 5.32 Å². The SMILES string of the molecule is CCNC(C)(CO)CSc1ccccc1F. The van der Waals surface area contributed by atoms with Crippen molar-refractivity contribution < 1.29 is 9.50 Å². The number of benzene rings is 1. The van der Waals surface area contributed by atoms with Crippen LogP contribution in [0.5, 0.6) is 0 Å². The summed E-state index contributed by atoms with van der Waals surface area (Å²) in [7, 11) is 0. The highest BCUT2D eigenvalue weighted by atomic mass is 32.2. The molecule has 0 radical (unpaired) electrons. The molecule has 0 saturated carbocycles. The van der Waals surface area contributed by atoms with Gasteiger partial charge in [-0.05, 0) is 25.6 Å². The predicted octanol–water partition coefficient (Wildman–Crippen LogP) is 2.28. The standard InChI is InChI=1S/C12H18FNOS/c1-3-14-12(2,8-15)9-16-11-7-5-4-6-10(11)13/h4-7,14-15H,3,8-9H2,1-2H3. The first kappa shape index (κ1) is 13.5. The van der Waals surface area contributed by atoms with Crippen molar-refractivity contribution in [2.45, 2.75) is 24.3 Å². The Labute approximate surface area is 100 Å². The summed E-state index contributed by atoms with van der Waals surface area (Å²) in [5, 5.41) is 12.5. The van der Waals surface area contributed by atoms with Gasteiger partial charge in [-0.25, -0.2) is 4.39 Å². The monoisotopic (exact) mass is 243 g/mol. The van der Waals surface area contributed by atoms with E-state index >= 15 is 0 Å². The average molecular weight is 243 g/mol. The summed E-state index contributed by atoms with van der Waals surface area (Å²) in [6, 6.07) is 6.69. The van der Waals surface area contributed by atoms with Gasteiger partial charge in [0.1, 0.15) is 5.82 Å². The van der Waals surface area contributed by atoms with E-state index in [-0.39, 0.29) is 18.0 Å². The zero-order valence-corrected chi connectivity index (χ0v) is 10.5. The third-order valence-electron chi connectivity index (χ3n) is 2.34. The van der Waals surface area contributed by atoms with E-state index in [1.807, 2.05) is 19.9 Å². The van der Waals surface area contributed by atoms with Crippen LogP contribution in [0, 0.1) is 5.82 Å². The third kappa shape index (κ3) is 3.77. The van der Waals surface area contributed by atoms with Crippen LogP contribution >= 0.6 is 11.8 Å². The largest absolute Gasteiger partial charge is 0.394 e. The highest BCUT2D eigenvalue weighted by Gasteiger charge is 2.22. The zero-order chi connectivity index (χ0) is 12.0. The van der Waals surface area contributed by atoms with Crippen LogP contribution in [-0.2, 0) is 0 Å². The van der Waals surface area contributed by atoms with Crippen LogP contribution in [0.3, 0.4) is 0 Å². The fourth-order valence-corrected chi connectivity index (χ4v) is 2.43. The lowest BCUT2D eigenvalue weighted by atomic mass is 10.1. The number of likely N-dealkylation sites (N-methyl/N-ethyl adjacent to an activating group) is 1. The van der Waals surface area contributed by atoms with Gasteiger partial charge in [0.05, 0.1) is 6.61 Å². The fraction of sp³-hybridized carbons (Fsp3) is 0.500. The summed E-state index contributed by atoms with van der Waals surface area (Å²) in [6.45, 7) is 4.75. The number of hydrogen-bond acceptors (Lipinski definition) is 3. The first-order valence-electron chi connectivity index (χ1n) is 5.34. The van der Waals surface area contributed by atoms with Crippen molar-refractivity contribution in [3.05, 3.63) is 30.1 Å². The molecule has 0 amide bonds. The molecule has 0 saturated heterocycles. The van der Waals surface area contributed by atoms with E-state index < -0.39 is 0 Å². The Kier molecular flexibility index (Phi) is 5.25. The van der Waals surface area contributed by atoms with E-state index in [2.05, 4.69) is 5.32 Å². The lowest BCUT2D eigenvalue weighted by Gasteiger charge is -2.27. The third-order valence-corrected chi connectivity index (χ3v) is 3.76. The second-order valence-electron chi connectivity index (χ2n) is 3.97. The Morgan fingerprint density at radius 1 is 1.44 bits per heavy atom. The Morgan fingerprint density at radius 2 is 2.12 bits per heavy atom. The molecule has 0 heterocycles. The molecule has 0 aromatic heterocycles. The lowest BCUT2D eigenvalue weighted by Crippen LogP contribution is -2.47. The van der Waals surface area contributed by atoms with Crippen molar-refractivity contribution in [2.24, 2.45) is 0 Å². The Bertz CT molecular complexity index is 335. The molecule has 0 bridgehead atoms. The molecule has 1 rings (SSSR count). The van der Waals surface area contributed by atoms with Gasteiger partial charge in [-0.1, -0.05) is 19.1 Å². The molecular weight excluding hydrogens is 225 g/mol. The minimum absolute atomic E-state index is 0.0439. The predicted molar refractivity (Wildman–Crippen MR) is 66.3 cm³/mol. The highest BCUT2D eigenvalue weighted by Crippen LogP contribution is 2.24. The van der Waals surface area contributed by atoms with Gasteiger partial charge in [-0.15, -0.1) is 11.8 Å². The van der Waals surface area contributed by atoms with Gasteiger partial charge in [0.15, 0.2) is 0 Å². The van der Waals surface area contributed by atoms with Crippen molar-refractivity contribution in [3.8, 4) is 0 Å². The maximum absolute atomic E-state index is 13.4. The summed E-state index contributed by atoms with van der Waals surface area (Å²) in [5.41, 5.74) is -0.359. The number of rotatable bonds is 6. The van der Waals surface area contributed by atoms with Crippen LogP contribution in [0.25, 0.3) is 0 Å². The van der Waals surface area contributed by atoms with E-state index in [0.717, 1.165) is 6.54 Å². The molecule has 0 spiro atoms. The number of thioether (sulfide) groups is 1. The highest BCUT2D eigenvalue weighted by molar-refractivity contribution is 7.99. The molecule has 0 aliphatic rings. The molecule has 16 heavy (non-hydrogen) atoms. The molecule has 1 aromatic rings. The van der Waals surface area contributed by atoms with Crippen molar-refractivity contribution in [1.82, 2.24) is 5.32 Å². The number of halogens is 1. The van der Waals surface area contributed by atoms with E-state index in [1.165, 1.54) is 17.8 Å². The fourth-order valence-electron chi connectivity index (χ4n) is 1.38. The minimum Gasteiger partial charge on any atom is -0.394 e. The van der Waals surface area contributed by atoms with Gasteiger partial charge in [0, 0.05) is 16.2 Å². The second kappa shape index (κ2) is 6.23. The molecule has 1 unspecified atom stereocenters. The van der Waals surface area contributed by atoms with Crippen molar-refractivity contribution in [2.75, 3.05) is 18.9 Å². The summed E-state index contributed by atoms with van der Waals surface area (Å²) in [6.07, 6.45) is 0. The first-order chi connectivity index (χ1) is 7.61. The van der Waals surface area contributed by atoms with Crippen LogP contribution in [0.15, 0.2) is 29.2 Å². The van der Waals surface area contributed by atoms with E-state index in [0.29, 0.717) is 10.6 Å². The van der Waals surface area contributed by atoms with Gasteiger partial charge in [-0.3, -0.25) is 0 Å². The number of aliphatic hydroxyl groups is 1. The first-order valence-corrected chi connectivity index (χ1v) is 6.33. The summed E-state index contributed by atoms with van der Waals surface area (Å²) in [4.78, 5) is 0.625. The Hall–Kier alpha value is -0.580. The molecule has 4 heteroatoms. The Morgan fingerprint density at radius 3 is 2.69 bits per heavy atom. The lowest BCUT2D eigenvalue weighted by molar-refractivity contribution is 0.194. The maximum atomic E-state index is 13.4. The zero-order valence-electron chi connectivity index (χ0n) is 9.66. The van der Waals surface area contributed by atoms with E-state index in [1.54, 1.807) is 12.1 Å². The van der Waals surface area contributed by atoms with Crippen molar-refractivity contribution in [1.29, 1.82) is 0 Å². The van der Waals surface area contributed by atoms with Crippen LogP contribution in [0.1, 0.15) is 13.8 Å². The van der Waals surface area contributed by atoms with Gasteiger partial charge in [-0.2, -0.15) is 0 Å². The normalized spacial score (nSPS) is 14.8. The molecule has 2 nitrogen and oxygen atoms in total. The molecule has 1 atom stereocenters. The molecule has 2 N–H and O–H groups in total. The second-order valence-corrected chi connectivity index (χ2v) is 4.99. The van der Waals surface area contributed by atoms with Crippen molar-refractivity contribution >= 4 is 11.8 Å². The minimum atomic E-state index is -0.359. The summed E-state index contributed by atoms with van der Waals surface area (Å²) in [5.74, 6) is 0.433. The van der Waals surface area contributed by atoms with Crippen LogP contribution in [-0.4, -0.2) is 29.5 Å². The van der Waals surface area contributed by atoms with Crippen molar-refractivity contribution in [3.63, 3.8) is 0 Å². The molecule has 1 aromatic carbocycles. The molecule has 0 aliphatic carbocycles. The van der Waals surface area contributed by atoms with Gasteiger partial charge in [0.25, 0.3) is 0 Å². The topological polar surface area (TPSA) is 32.3 Å². The van der Waals surface area contributed by atoms with Crippen LogP contribution in [0.2, 0.25) is 0 Å². The number of aliphatic hydroxyl groups excluding tert-OH is 1. The quantitative estimate of drug-likeness (QED) is 0.752. The van der Waals surface area contributed by atoms with Gasteiger partial charge in [0.2, 0.25) is 0 Å². The molecule has 0 fully saturated rings. The molecule has 90 valence electrons. The number of hydrogen-bond donors (Lipinski definition) is 2. The summed E-state index contributed by atoms with van der Waals surface area (Å²) >= 11 is 1.42. The average Bonchev–Trinajstić information content (AvgIpc) is 2.28. The van der Waals surface area contributed by atoms with E-state index in [4.69, 9.17) is 0 Å². The van der Waals surface area contributed by atoms with Gasteiger partial charge < -0.3 is 10.4 Å². The molecular formula is C12H18FNOS. The van der Waals surface area contributed by atoms with Crippen LogP contribution in [0.4, 0.5) is 4.39 Å². The van der Waals surface area contributed by atoms with E-state index in [9.17, 15) is 9.50 Å². The molecule has 0 aliphatic heterocycles. The summed E-state index contributed by atoms with van der Waals surface area (Å²) < 4.78 is 13.4. The number of nitrogens with one attached hydrogen (secondary N) is 1.